The van der Waals surface area contributed by atoms with E-state index in [4.69, 9.17) is 28.7 Å². The molecule has 0 saturated carbocycles. The summed E-state index contributed by atoms with van der Waals surface area (Å²) in [5.41, 5.74) is 1.80. The van der Waals surface area contributed by atoms with Crippen molar-refractivity contribution < 1.29 is 28.5 Å². The van der Waals surface area contributed by atoms with E-state index in [1.807, 2.05) is 0 Å². The highest BCUT2D eigenvalue weighted by Crippen LogP contribution is 2.40. The van der Waals surface area contributed by atoms with E-state index in [0.717, 1.165) is 0 Å². The lowest BCUT2D eigenvalue weighted by atomic mass is 9.92. The molecular formula is C28H29NO6. The van der Waals surface area contributed by atoms with Gasteiger partial charge in [0.1, 0.15) is 31.3 Å². The first-order chi connectivity index (χ1) is 17.1. The fourth-order valence-electron chi connectivity index (χ4n) is 3.49. The SMILES string of the molecule is C=CCOc1cc2c(c(OCC=C)c1)C(=O)C(OCC=C)C(c1ccc(OCC=C)c(OC)c1)=N2. The molecule has 0 bridgehead atoms. The van der Waals surface area contributed by atoms with Gasteiger partial charge in [0.15, 0.2) is 17.6 Å². The molecule has 7 heteroatoms. The molecule has 0 fully saturated rings. The van der Waals surface area contributed by atoms with E-state index in [0.29, 0.717) is 58.7 Å². The molecule has 0 N–H and O–H groups in total. The number of ether oxygens (including phenoxy) is 5. The van der Waals surface area contributed by atoms with Crippen LogP contribution in [-0.2, 0) is 4.74 Å². The van der Waals surface area contributed by atoms with Gasteiger partial charge in [-0.25, -0.2) is 4.99 Å². The second-order valence-corrected chi connectivity index (χ2v) is 7.34. The predicted molar refractivity (Wildman–Crippen MR) is 137 cm³/mol. The molecular weight excluding hydrogens is 446 g/mol. The summed E-state index contributed by atoms with van der Waals surface area (Å²) in [7, 11) is 1.54. The molecule has 7 nitrogen and oxygen atoms in total. The van der Waals surface area contributed by atoms with Gasteiger partial charge in [0.25, 0.3) is 0 Å². The molecule has 0 saturated heterocycles. The highest BCUT2D eigenvalue weighted by atomic mass is 16.5. The van der Waals surface area contributed by atoms with Gasteiger partial charge in [-0.2, -0.15) is 0 Å². The van der Waals surface area contributed by atoms with Crippen LogP contribution in [0.1, 0.15) is 15.9 Å². The lowest BCUT2D eigenvalue weighted by molar-refractivity contribution is 0.0685. The van der Waals surface area contributed by atoms with Gasteiger partial charge in [-0.1, -0.05) is 44.0 Å². The van der Waals surface area contributed by atoms with Gasteiger partial charge in [0.2, 0.25) is 5.78 Å². The Morgan fingerprint density at radius 2 is 1.49 bits per heavy atom. The number of hydrogen-bond donors (Lipinski definition) is 0. The number of rotatable bonds is 14. The third kappa shape index (κ3) is 5.88. The second kappa shape index (κ2) is 12.4. The van der Waals surface area contributed by atoms with Crippen molar-refractivity contribution in [2.75, 3.05) is 33.5 Å². The van der Waals surface area contributed by atoms with Gasteiger partial charge >= 0.3 is 0 Å². The number of carbonyl (C=O) groups excluding carboxylic acids is 1. The zero-order valence-corrected chi connectivity index (χ0v) is 19.8. The maximum Gasteiger partial charge on any atom is 0.203 e. The van der Waals surface area contributed by atoms with E-state index in [1.54, 1.807) is 61.7 Å². The van der Waals surface area contributed by atoms with Gasteiger partial charge < -0.3 is 23.7 Å². The first-order valence-corrected chi connectivity index (χ1v) is 11.0. The van der Waals surface area contributed by atoms with E-state index in [1.165, 1.54) is 0 Å². The molecule has 0 aromatic heterocycles. The standard InChI is InChI=1S/C28H29NO6/c1-6-12-32-20-17-21-25(24(18-20)34-14-8-3)27(30)28(35-15-9-4)26(29-21)19-10-11-22(33-13-7-2)23(16-19)31-5/h6-11,16-18,28H,1-4,12-15H2,5H3. The monoisotopic (exact) mass is 475 g/mol. The molecule has 1 heterocycles. The zero-order chi connectivity index (χ0) is 25.2. The van der Waals surface area contributed by atoms with Crippen molar-refractivity contribution in [2.24, 2.45) is 4.99 Å². The van der Waals surface area contributed by atoms with Gasteiger partial charge in [0.05, 0.1) is 30.7 Å². The molecule has 3 rings (SSSR count). The summed E-state index contributed by atoms with van der Waals surface area (Å²) >= 11 is 0. The number of ketones is 1. The highest BCUT2D eigenvalue weighted by molar-refractivity contribution is 6.26. The van der Waals surface area contributed by atoms with E-state index in [2.05, 4.69) is 26.3 Å². The Bertz CT molecular complexity index is 1150. The number of aliphatic imine (C=N–C) groups is 1. The van der Waals surface area contributed by atoms with E-state index in [-0.39, 0.29) is 19.0 Å². The van der Waals surface area contributed by atoms with Crippen molar-refractivity contribution in [1.29, 1.82) is 0 Å². The molecule has 182 valence electrons. The molecule has 1 unspecified atom stereocenters. The molecule has 2 aromatic rings. The molecule has 0 amide bonds. The fourth-order valence-corrected chi connectivity index (χ4v) is 3.49. The number of hydrogen-bond acceptors (Lipinski definition) is 7. The maximum absolute atomic E-state index is 13.7. The maximum atomic E-state index is 13.7. The van der Waals surface area contributed by atoms with E-state index in [9.17, 15) is 4.79 Å². The minimum atomic E-state index is -0.976. The molecule has 1 atom stereocenters. The Kier molecular flexibility index (Phi) is 9.03. The number of nitrogens with zero attached hydrogens (tertiary/aromatic N) is 1. The quantitative estimate of drug-likeness (QED) is 0.346. The molecule has 0 spiro atoms. The van der Waals surface area contributed by atoms with Crippen molar-refractivity contribution in [2.45, 2.75) is 6.10 Å². The number of fused-ring (bicyclic) bond motifs is 1. The molecule has 1 aliphatic rings. The summed E-state index contributed by atoms with van der Waals surface area (Å²) in [5, 5.41) is 0. The van der Waals surface area contributed by atoms with E-state index >= 15 is 0 Å². The zero-order valence-electron chi connectivity index (χ0n) is 19.8. The third-order valence-electron chi connectivity index (χ3n) is 4.95. The van der Waals surface area contributed by atoms with E-state index < -0.39 is 6.10 Å². The van der Waals surface area contributed by atoms with Crippen molar-refractivity contribution in [3.8, 4) is 23.0 Å². The van der Waals surface area contributed by atoms with Gasteiger partial charge in [-0.05, 0) is 18.2 Å². The predicted octanol–water partition coefficient (Wildman–Crippen LogP) is 5.28. The topological polar surface area (TPSA) is 75.6 Å². The first kappa shape index (κ1) is 25.5. The molecule has 2 aromatic carbocycles. The van der Waals surface area contributed by atoms with Crippen molar-refractivity contribution in [1.82, 2.24) is 0 Å². The minimum absolute atomic E-state index is 0.159. The van der Waals surface area contributed by atoms with Crippen LogP contribution in [0.15, 0.2) is 85.9 Å². The normalized spacial score (nSPS) is 14.3. The fraction of sp³-hybridized carbons (Fsp3) is 0.214. The lowest BCUT2D eigenvalue weighted by Crippen LogP contribution is -2.36. The van der Waals surface area contributed by atoms with Gasteiger partial charge in [0, 0.05) is 17.7 Å². The van der Waals surface area contributed by atoms with Crippen LogP contribution >= 0.6 is 0 Å². The van der Waals surface area contributed by atoms with Crippen molar-refractivity contribution in [3.05, 3.63) is 92.1 Å². The van der Waals surface area contributed by atoms with Gasteiger partial charge in [-0.3, -0.25) is 4.79 Å². The minimum Gasteiger partial charge on any atom is -0.493 e. The lowest BCUT2D eigenvalue weighted by Gasteiger charge is -2.26. The molecule has 0 radical (unpaired) electrons. The van der Waals surface area contributed by atoms with Gasteiger partial charge in [-0.15, -0.1) is 6.58 Å². The Balaban J connectivity index is 2.16. The number of benzene rings is 2. The Hall–Kier alpha value is -4.10. The van der Waals surface area contributed by atoms with Crippen LogP contribution < -0.4 is 18.9 Å². The summed E-state index contributed by atoms with van der Waals surface area (Å²) in [6.45, 7) is 15.7. The summed E-state index contributed by atoms with van der Waals surface area (Å²) < 4.78 is 28.5. The van der Waals surface area contributed by atoms with Crippen LogP contribution in [0.2, 0.25) is 0 Å². The van der Waals surface area contributed by atoms with Crippen molar-refractivity contribution >= 4 is 17.2 Å². The Morgan fingerprint density at radius 1 is 0.829 bits per heavy atom. The molecule has 1 aliphatic heterocycles. The number of Topliss-reactive ketones (excluding diaryl/α,β-unsaturated/α-hetero) is 1. The van der Waals surface area contributed by atoms with Crippen LogP contribution in [0.4, 0.5) is 5.69 Å². The second-order valence-electron chi connectivity index (χ2n) is 7.34. The Labute approximate surface area is 205 Å². The summed E-state index contributed by atoms with van der Waals surface area (Å²) in [6.07, 6.45) is 5.47. The Morgan fingerprint density at radius 3 is 2.14 bits per heavy atom. The molecule has 35 heavy (non-hydrogen) atoms. The summed E-state index contributed by atoms with van der Waals surface area (Å²) in [4.78, 5) is 18.5. The summed E-state index contributed by atoms with van der Waals surface area (Å²) in [6, 6.07) is 8.67. The summed E-state index contributed by atoms with van der Waals surface area (Å²) in [5.74, 6) is 1.59. The average molecular weight is 476 g/mol. The number of methoxy groups -OCH3 is 1. The van der Waals surface area contributed by atoms with Crippen LogP contribution in [-0.4, -0.2) is 51.1 Å². The third-order valence-corrected chi connectivity index (χ3v) is 4.95. The largest absolute Gasteiger partial charge is 0.493 e. The van der Waals surface area contributed by atoms with Crippen LogP contribution in [0.25, 0.3) is 0 Å². The smallest absolute Gasteiger partial charge is 0.203 e. The first-order valence-electron chi connectivity index (χ1n) is 11.0. The van der Waals surface area contributed by atoms with Crippen LogP contribution in [0, 0.1) is 0 Å². The van der Waals surface area contributed by atoms with Crippen molar-refractivity contribution in [3.63, 3.8) is 0 Å². The van der Waals surface area contributed by atoms with Crippen LogP contribution in [0.5, 0.6) is 23.0 Å². The molecule has 0 aliphatic carbocycles. The highest BCUT2D eigenvalue weighted by Gasteiger charge is 2.36. The average Bonchev–Trinajstić information content (AvgIpc) is 2.88. The van der Waals surface area contributed by atoms with Crippen LogP contribution in [0.3, 0.4) is 0 Å². The number of carbonyl (C=O) groups is 1.